The molecule has 98 valence electrons. The Hall–Kier alpha value is -0.570. The second-order valence-electron chi connectivity index (χ2n) is 5.80. The number of hydrogen-bond donors (Lipinski definition) is 2. The number of rotatable bonds is 5. The molecule has 0 aromatic rings. The van der Waals surface area contributed by atoms with E-state index in [1.807, 2.05) is 0 Å². The smallest absolute Gasteiger partial charge is 0.306 e. The van der Waals surface area contributed by atoms with Crippen LogP contribution in [0.2, 0.25) is 0 Å². The molecule has 2 rings (SSSR count). The molecule has 2 aliphatic rings. The van der Waals surface area contributed by atoms with Crippen molar-refractivity contribution >= 4 is 5.97 Å². The highest BCUT2D eigenvalue weighted by molar-refractivity contribution is 5.70. The van der Waals surface area contributed by atoms with Crippen molar-refractivity contribution in [2.24, 2.45) is 17.8 Å². The molecule has 3 nitrogen and oxygen atoms in total. The molecule has 0 aromatic carbocycles. The van der Waals surface area contributed by atoms with Crippen LogP contribution in [0.4, 0.5) is 0 Å². The first-order chi connectivity index (χ1) is 8.27. The molecule has 0 heterocycles. The summed E-state index contributed by atoms with van der Waals surface area (Å²) in [5.74, 6) is 0.533. The van der Waals surface area contributed by atoms with Gasteiger partial charge >= 0.3 is 5.97 Å². The molecular formula is C14H25NO2. The lowest BCUT2D eigenvalue weighted by molar-refractivity contribution is -0.142. The van der Waals surface area contributed by atoms with Gasteiger partial charge in [0.1, 0.15) is 0 Å². The molecule has 0 aliphatic heterocycles. The lowest BCUT2D eigenvalue weighted by atomic mass is 9.89. The van der Waals surface area contributed by atoms with Crippen molar-refractivity contribution < 1.29 is 9.90 Å². The standard InChI is InChI=1S/C14H25NO2/c16-14(17)13-8-4-7-12(13)10-15-9-11-5-2-1-3-6-11/h11-13,15H,1-10H2,(H,16,17). The van der Waals surface area contributed by atoms with Crippen LogP contribution in [0, 0.1) is 17.8 Å². The third-order valence-corrected chi connectivity index (χ3v) is 4.54. The van der Waals surface area contributed by atoms with Gasteiger partial charge in [0.15, 0.2) is 0 Å². The summed E-state index contributed by atoms with van der Waals surface area (Å²) in [6.45, 7) is 2.01. The maximum atomic E-state index is 11.0. The highest BCUT2D eigenvalue weighted by Gasteiger charge is 2.32. The third-order valence-electron chi connectivity index (χ3n) is 4.54. The molecule has 3 heteroatoms. The molecule has 0 spiro atoms. The van der Waals surface area contributed by atoms with E-state index < -0.39 is 5.97 Å². The van der Waals surface area contributed by atoms with Crippen LogP contribution in [-0.4, -0.2) is 24.2 Å². The Morgan fingerprint density at radius 3 is 2.47 bits per heavy atom. The van der Waals surface area contributed by atoms with Crippen LogP contribution >= 0.6 is 0 Å². The maximum Gasteiger partial charge on any atom is 0.306 e. The Labute approximate surface area is 104 Å². The third kappa shape index (κ3) is 3.70. The quantitative estimate of drug-likeness (QED) is 0.775. The van der Waals surface area contributed by atoms with Gasteiger partial charge < -0.3 is 10.4 Å². The van der Waals surface area contributed by atoms with E-state index >= 15 is 0 Å². The van der Waals surface area contributed by atoms with Gasteiger partial charge in [0.2, 0.25) is 0 Å². The summed E-state index contributed by atoms with van der Waals surface area (Å²) in [6, 6.07) is 0. The zero-order valence-corrected chi connectivity index (χ0v) is 10.7. The first-order valence-electron chi connectivity index (χ1n) is 7.21. The Morgan fingerprint density at radius 2 is 1.76 bits per heavy atom. The average molecular weight is 239 g/mol. The van der Waals surface area contributed by atoms with E-state index in [9.17, 15) is 4.79 Å². The second kappa shape index (κ2) is 6.39. The highest BCUT2D eigenvalue weighted by atomic mass is 16.4. The van der Waals surface area contributed by atoms with Gasteiger partial charge in [0.25, 0.3) is 0 Å². The van der Waals surface area contributed by atoms with Gasteiger partial charge in [0.05, 0.1) is 5.92 Å². The van der Waals surface area contributed by atoms with Crippen LogP contribution in [-0.2, 0) is 4.79 Å². The molecule has 0 bridgehead atoms. The van der Waals surface area contributed by atoms with Crippen LogP contribution in [0.25, 0.3) is 0 Å². The number of nitrogens with one attached hydrogen (secondary N) is 1. The topological polar surface area (TPSA) is 49.3 Å². The van der Waals surface area contributed by atoms with Gasteiger partial charge in [-0.25, -0.2) is 0 Å². The van der Waals surface area contributed by atoms with Gasteiger partial charge in [-0.05, 0) is 50.6 Å². The number of aliphatic carboxylic acids is 1. The summed E-state index contributed by atoms with van der Waals surface area (Å²) >= 11 is 0. The molecule has 0 aromatic heterocycles. The highest BCUT2D eigenvalue weighted by Crippen LogP contribution is 2.31. The molecule has 0 saturated heterocycles. The van der Waals surface area contributed by atoms with Crippen molar-refractivity contribution in [3.8, 4) is 0 Å². The van der Waals surface area contributed by atoms with Crippen molar-refractivity contribution in [3.05, 3.63) is 0 Å². The van der Waals surface area contributed by atoms with Crippen LogP contribution in [0.3, 0.4) is 0 Å². The molecule has 17 heavy (non-hydrogen) atoms. The molecular weight excluding hydrogens is 214 g/mol. The largest absolute Gasteiger partial charge is 0.481 e. The normalized spacial score (nSPS) is 30.6. The molecule has 2 aliphatic carbocycles. The minimum Gasteiger partial charge on any atom is -0.481 e. The van der Waals surface area contributed by atoms with E-state index in [-0.39, 0.29) is 5.92 Å². The molecule has 2 unspecified atom stereocenters. The number of hydrogen-bond acceptors (Lipinski definition) is 2. The average Bonchev–Trinajstić information content (AvgIpc) is 2.79. The summed E-state index contributed by atoms with van der Waals surface area (Å²) < 4.78 is 0. The van der Waals surface area contributed by atoms with Crippen LogP contribution in [0.5, 0.6) is 0 Å². The van der Waals surface area contributed by atoms with E-state index in [0.29, 0.717) is 5.92 Å². The predicted molar refractivity (Wildman–Crippen MR) is 67.9 cm³/mol. The Balaban J connectivity index is 1.65. The predicted octanol–water partition coefficient (Wildman–Crippen LogP) is 2.66. The zero-order valence-electron chi connectivity index (χ0n) is 10.7. The number of carboxylic acid groups (broad SMARTS) is 1. The summed E-state index contributed by atoms with van der Waals surface area (Å²) in [6.07, 6.45) is 9.95. The Morgan fingerprint density at radius 1 is 1.00 bits per heavy atom. The minimum absolute atomic E-state index is 0.0890. The SMILES string of the molecule is O=C(O)C1CCCC1CNCC1CCCCC1. The molecule has 2 saturated carbocycles. The van der Waals surface area contributed by atoms with Gasteiger partial charge in [-0.1, -0.05) is 25.7 Å². The minimum atomic E-state index is -0.591. The van der Waals surface area contributed by atoms with E-state index in [1.54, 1.807) is 0 Å². The van der Waals surface area contributed by atoms with Crippen LogP contribution in [0.1, 0.15) is 51.4 Å². The van der Waals surface area contributed by atoms with Gasteiger partial charge in [0, 0.05) is 0 Å². The summed E-state index contributed by atoms with van der Waals surface area (Å²) in [7, 11) is 0. The van der Waals surface area contributed by atoms with Crippen molar-refractivity contribution in [2.75, 3.05) is 13.1 Å². The fraction of sp³-hybridized carbons (Fsp3) is 0.929. The van der Waals surface area contributed by atoms with Crippen molar-refractivity contribution in [1.82, 2.24) is 5.32 Å². The summed E-state index contributed by atoms with van der Waals surface area (Å²) in [4.78, 5) is 11.0. The molecule has 2 fully saturated rings. The van der Waals surface area contributed by atoms with Gasteiger partial charge in [-0.3, -0.25) is 4.79 Å². The van der Waals surface area contributed by atoms with Gasteiger partial charge in [-0.15, -0.1) is 0 Å². The number of carboxylic acids is 1. The van der Waals surface area contributed by atoms with E-state index in [0.717, 1.165) is 38.3 Å². The maximum absolute atomic E-state index is 11.0. The molecule has 0 radical (unpaired) electrons. The first kappa shape index (κ1) is 12.9. The Bertz CT molecular complexity index is 249. The van der Waals surface area contributed by atoms with Crippen LogP contribution < -0.4 is 5.32 Å². The molecule has 2 atom stereocenters. The first-order valence-corrected chi connectivity index (χ1v) is 7.21. The number of carbonyl (C=O) groups is 1. The van der Waals surface area contributed by atoms with Crippen molar-refractivity contribution in [1.29, 1.82) is 0 Å². The zero-order chi connectivity index (χ0) is 12.1. The fourth-order valence-corrected chi connectivity index (χ4v) is 3.47. The van der Waals surface area contributed by atoms with Crippen molar-refractivity contribution in [2.45, 2.75) is 51.4 Å². The molecule has 0 amide bonds. The van der Waals surface area contributed by atoms with Gasteiger partial charge in [-0.2, -0.15) is 0 Å². The lowest BCUT2D eigenvalue weighted by Gasteiger charge is -2.23. The van der Waals surface area contributed by atoms with Crippen LogP contribution in [0.15, 0.2) is 0 Å². The lowest BCUT2D eigenvalue weighted by Crippen LogP contribution is -2.32. The fourth-order valence-electron chi connectivity index (χ4n) is 3.47. The Kier molecular flexibility index (Phi) is 4.84. The summed E-state index contributed by atoms with van der Waals surface area (Å²) in [5.41, 5.74) is 0. The second-order valence-corrected chi connectivity index (χ2v) is 5.80. The van der Waals surface area contributed by atoms with Crippen molar-refractivity contribution in [3.63, 3.8) is 0 Å². The van der Waals surface area contributed by atoms with E-state index in [4.69, 9.17) is 5.11 Å². The molecule has 2 N–H and O–H groups in total. The summed E-state index contributed by atoms with van der Waals surface area (Å²) in [5, 5.41) is 12.6. The van der Waals surface area contributed by atoms with E-state index in [2.05, 4.69) is 5.32 Å². The monoisotopic (exact) mass is 239 g/mol. The van der Waals surface area contributed by atoms with E-state index in [1.165, 1.54) is 32.1 Å².